The maximum atomic E-state index is 12.6. The normalized spacial score (nSPS) is 15.8. The van der Waals surface area contributed by atoms with Crippen molar-refractivity contribution in [2.75, 3.05) is 13.1 Å². The minimum Gasteiger partial charge on any atom is -0.444 e. The van der Waals surface area contributed by atoms with Gasteiger partial charge in [-0.05, 0) is 58.1 Å². The molecule has 1 saturated heterocycles. The second kappa shape index (κ2) is 8.89. The van der Waals surface area contributed by atoms with Crippen LogP contribution in [0.1, 0.15) is 74.0 Å². The maximum absolute atomic E-state index is 12.6. The summed E-state index contributed by atoms with van der Waals surface area (Å²) in [6.45, 7) is 11.1. The zero-order valence-electron chi connectivity index (χ0n) is 16.7. The van der Waals surface area contributed by atoms with Crippen LogP contribution in [0.25, 0.3) is 0 Å². The Hall–Kier alpha value is -1.56. The lowest BCUT2D eigenvalue weighted by atomic mass is 10.1. The van der Waals surface area contributed by atoms with Crippen LogP contribution in [-0.2, 0) is 17.6 Å². The Morgan fingerprint density at radius 3 is 2.46 bits per heavy atom. The van der Waals surface area contributed by atoms with Crippen molar-refractivity contribution in [3.05, 3.63) is 21.4 Å². The highest BCUT2D eigenvalue weighted by Gasteiger charge is 2.28. The lowest BCUT2D eigenvalue weighted by Gasteiger charge is -2.33. The molecule has 146 valence electrons. The number of carbonyl (C=O) groups is 2. The molecule has 1 aliphatic heterocycles. The van der Waals surface area contributed by atoms with Crippen molar-refractivity contribution in [3.8, 4) is 0 Å². The van der Waals surface area contributed by atoms with Crippen LogP contribution in [-0.4, -0.2) is 41.6 Å². The van der Waals surface area contributed by atoms with E-state index in [0.29, 0.717) is 13.1 Å². The number of hydrogen-bond donors (Lipinski definition) is 1. The zero-order chi connectivity index (χ0) is 19.3. The van der Waals surface area contributed by atoms with Crippen molar-refractivity contribution in [1.82, 2.24) is 10.2 Å². The van der Waals surface area contributed by atoms with Crippen molar-refractivity contribution >= 4 is 23.3 Å². The zero-order valence-corrected chi connectivity index (χ0v) is 17.5. The first-order valence-corrected chi connectivity index (χ1v) is 10.5. The first-order valence-electron chi connectivity index (χ1n) is 9.63. The van der Waals surface area contributed by atoms with Gasteiger partial charge in [-0.25, -0.2) is 4.79 Å². The number of piperidine rings is 1. The number of aryl methyl sites for hydroxylation is 2. The molecule has 0 radical (unpaired) electrons. The molecule has 1 aromatic rings. The lowest BCUT2D eigenvalue weighted by Crippen LogP contribution is -2.47. The standard InChI is InChI=1S/C20H32N2O3S/c1-6-8-16-14(7-2)13-17(26-16)18(23)21-15-9-11-22(12-10-15)19(24)25-20(3,4)5/h13,15H,6-12H2,1-5H3,(H,21,23). The van der Waals surface area contributed by atoms with E-state index in [4.69, 9.17) is 4.74 Å². The third-order valence-corrected chi connectivity index (χ3v) is 5.70. The summed E-state index contributed by atoms with van der Waals surface area (Å²) in [7, 11) is 0. The predicted octanol–water partition coefficient (Wildman–Crippen LogP) is 4.39. The van der Waals surface area contributed by atoms with Crippen LogP contribution < -0.4 is 5.32 Å². The van der Waals surface area contributed by atoms with E-state index < -0.39 is 5.60 Å². The SMILES string of the molecule is CCCc1sc(C(=O)NC2CCN(C(=O)OC(C)(C)C)CC2)cc1CC. The Labute approximate surface area is 161 Å². The fraction of sp³-hybridized carbons (Fsp3) is 0.700. The van der Waals surface area contributed by atoms with Gasteiger partial charge in [0.2, 0.25) is 0 Å². The molecular formula is C20H32N2O3S. The van der Waals surface area contributed by atoms with Gasteiger partial charge in [0.1, 0.15) is 5.60 Å². The number of carbonyl (C=O) groups excluding carboxylic acids is 2. The van der Waals surface area contributed by atoms with E-state index in [-0.39, 0.29) is 18.0 Å². The van der Waals surface area contributed by atoms with Gasteiger partial charge in [0.15, 0.2) is 0 Å². The number of hydrogen-bond acceptors (Lipinski definition) is 4. The molecule has 0 unspecified atom stereocenters. The fourth-order valence-corrected chi connectivity index (χ4v) is 4.36. The maximum Gasteiger partial charge on any atom is 0.410 e. The Balaban J connectivity index is 1.87. The molecule has 0 spiro atoms. The van der Waals surface area contributed by atoms with Crippen molar-refractivity contribution < 1.29 is 14.3 Å². The molecular weight excluding hydrogens is 348 g/mol. The second-order valence-corrected chi connectivity index (χ2v) is 9.01. The van der Waals surface area contributed by atoms with Crippen molar-refractivity contribution in [3.63, 3.8) is 0 Å². The van der Waals surface area contributed by atoms with E-state index in [1.165, 1.54) is 10.4 Å². The predicted molar refractivity (Wildman–Crippen MR) is 106 cm³/mol. The van der Waals surface area contributed by atoms with E-state index >= 15 is 0 Å². The average molecular weight is 381 g/mol. The number of thiophene rings is 1. The van der Waals surface area contributed by atoms with Gasteiger partial charge >= 0.3 is 6.09 Å². The quantitative estimate of drug-likeness (QED) is 0.824. The molecule has 0 aromatic carbocycles. The summed E-state index contributed by atoms with van der Waals surface area (Å²) in [5.41, 5.74) is 0.816. The van der Waals surface area contributed by atoms with E-state index in [1.807, 2.05) is 26.8 Å². The van der Waals surface area contributed by atoms with Gasteiger partial charge in [-0.15, -0.1) is 11.3 Å². The fourth-order valence-electron chi connectivity index (χ4n) is 3.11. The monoisotopic (exact) mass is 380 g/mol. The largest absolute Gasteiger partial charge is 0.444 e. The molecule has 2 rings (SSSR count). The lowest BCUT2D eigenvalue weighted by molar-refractivity contribution is 0.0200. The van der Waals surface area contributed by atoms with Crippen LogP contribution in [0.2, 0.25) is 0 Å². The number of ether oxygens (including phenoxy) is 1. The molecule has 26 heavy (non-hydrogen) atoms. The van der Waals surface area contributed by atoms with Crippen LogP contribution in [0.3, 0.4) is 0 Å². The number of likely N-dealkylation sites (tertiary alicyclic amines) is 1. The molecule has 0 saturated carbocycles. The number of nitrogens with zero attached hydrogens (tertiary/aromatic N) is 1. The highest BCUT2D eigenvalue weighted by atomic mass is 32.1. The minimum atomic E-state index is -0.478. The molecule has 6 heteroatoms. The van der Waals surface area contributed by atoms with E-state index in [2.05, 4.69) is 19.2 Å². The van der Waals surface area contributed by atoms with Crippen LogP contribution in [0.15, 0.2) is 6.07 Å². The number of amides is 2. The van der Waals surface area contributed by atoms with Crippen LogP contribution in [0, 0.1) is 0 Å². The molecule has 5 nitrogen and oxygen atoms in total. The molecule has 1 aliphatic rings. The molecule has 0 bridgehead atoms. The molecule has 2 amide bonds. The molecule has 1 fully saturated rings. The van der Waals surface area contributed by atoms with Gasteiger partial charge in [0.05, 0.1) is 4.88 Å². The van der Waals surface area contributed by atoms with Gasteiger partial charge in [0, 0.05) is 24.0 Å². The first-order chi connectivity index (χ1) is 12.2. The Morgan fingerprint density at radius 1 is 1.27 bits per heavy atom. The summed E-state index contributed by atoms with van der Waals surface area (Å²) in [6, 6.07) is 2.16. The van der Waals surface area contributed by atoms with Crippen molar-refractivity contribution in [2.45, 2.75) is 78.4 Å². The molecule has 1 aromatic heterocycles. The van der Waals surface area contributed by atoms with Gasteiger partial charge in [-0.2, -0.15) is 0 Å². The first kappa shape index (κ1) is 20.7. The minimum absolute atomic E-state index is 0.0165. The Morgan fingerprint density at radius 2 is 1.92 bits per heavy atom. The Bertz CT molecular complexity index is 625. The highest BCUT2D eigenvalue weighted by molar-refractivity contribution is 7.14. The highest BCUT2D eigenvalue weighted by Crippen LogP contribution is 2.25. The van der Waals surface area contributed by atoms with Crippen molar-refractivity contribution in [2.24, 2.45) is 0 Å². The van der Waals surface area contributed by atoms with Crippen LogP contribution in [0.5, 0.6) is 0 Å². The van der Waals surface area contributed by atoms with Gasteiger partial charge in [-0.3, -0.25) is 4.79 Å². The average Bonchev–Trinajstić information content (AvgIpc) is 2.97. The topological polar surface area (TPSA) is 58.6 Å². The van der Waals surface area contributed by atoms with Gasteiger partial charge < -0.3 is 15.0 Å². The van der Waals surface area contributed by atoms with Crippen molar-refractivity contribution in [1.29, 1.82) is 0 Å². The number of nitrogens with one attached hydrogen (secondary N) is 1. The third kappa shape index (κ3) is 5.73. The molecule has 0 aliphatic carbocycles. The summed E-state index contributed by atoms with van der Waals surface area (Å²) in [5, 5.41) is 3.14. The molecule has 0 atom stereocenters. The molecule has 2 heterocycles. The van der Waals surface area contributed by atoms with Crippen LogP contribution >= 0.6 is 11.3 Å². The summed E-state index contributed by atoms with van der Waals surface area (Å²) >= 11 is 1.62. The second-order valence-electron chi connectivity index (χ2n) is 7.88. The van der Waals surface area contributed by atoms with E-state index in [9.17, 15) is 9.59 Å². The third-order valence-electron chi connectivity index (χ3n) is 4.46. The van der Waals surface area contributed by atoms with Crippen LogP contribution in [0.4, 0.5) is 4.79 Å². The smallest absolute Gasteiger partial charge is 0.410 e. The van der Waals surface area contributed by atoms with Gasteiger partial charge in [-0.1, -0.05) is 20.3 Å². The number of rotatable bonds is 5. The van der Waals surface area contributed by atoms with Gasteiger partial charge in [0.25, 0.3) is 5.91 Å². The van der Waals surface area contributed by atoms with E-state index in [0.717, 1.165) is 37.0 Å². The summed E-state index contributed by atoms with van der Waals surface area (Å²) < 4.78 is 5.42. The summed E-state index contributed by atoms with van der Waals surface area (Å²) in [5.74, 6) is 0.0165. The Kier molecular flexibility index (Phi) is 7.09. The van der Waals surface area contributed by atoms with E-state index in [1.54, 1.807) is 16.2 Å². The molecule has 1 N–H and O–H groups in total. The summed E-state index contributed by atoms with van der Waals surface area (Å²) in [6.07, 6.45) is 4.36. The summed E-state index contributed by atoms with van der Waals surface area (Å²) in [4.78, 5) is 28.6.